The van der Waals surface area contributed by atoms with Gasteiger partial charge in [0.15, 0.2) is 0 Å². The molecule has 14 heavy (non-hydrogen) atoms. The van der Waals surface area contributed by atoms with Crippen LogP contribution in [0.2, 0.25) is 0 Å². The normalized spacial score (nSPS) is 10.1. The molecule has 0 aromatic heterocycles. The van der Waals surface area contributed by atoms with Crippen LogP contribution < -0.4 is 10.5 Å². The maximum atomic E-state index is 5.54. The van der Waals surface area contributed by atoms with Gasteiger partial charge in [-0.3, -0.25) is 0 Å². The highest BCUT2D eigenvalue weighted by atomic mass is 79.9. The molecule has 0 unspecified atom stereocenters. The van der Waals surface area contributed by atoms with Crippen molar-refractivity contribution in [1.29, 1.82) is 0 Å². The van der Waals surface area contributed by atoms with Gasteiger partial charge >= 0.3 is 0 Å². The number of rotatable bonds is 6. The first-order chi connectivity index (χ1) is 6.83. The summed E-state index contributed by atoms with van der Waals surface area (Å²) in [6.07, 6.45) is 0. The van der Waals surface area contributed by atoms with Crippen LogP contribution in [0.4, 0.5) is 0 Å². The molecule has 0 fully saturated rings. The number of nitrogens with two attached hydrogens (primary N) is 1. The van der Waals surface area contributed by atoms with Crippen LogP contribution in [0.3, 0.4) is 0 Å². The number of ether oxygens (including phenoxy) is 1. The molecule has 0 aliphatic carbocycles. The second kappa shape index (κ2) is 7.15. The van der Waals surface area contributed by atoms with Gasteiger partial charge in [0.05, 0.1) is 6.61 Å². The molecule has 0 aliphatic rings. The van der Waals surface area contributed by atoms with Crippen LogP contribution in [-0.4, -0.2) is 24.7 Å². The molecule has 4 heteroatoms. The van der Waals surface area contributed by atoms with E-state index in [4.69, 9.17) is 10.5 Å². The van der Waals surface area contributed by atoms with E-state index >= 15 is 0 Å². The summed E-state index contributed by atoms with van der Waals surface area (Å²) in [4.78, 5) is 0. The van der Waals surface area contributed by atoms with Gasteiger partial charge in [0.25, 0.3) is 0 Å². The van der Waals surface area contributed by atoms with Crippen molar-refractivity contribution in [2.75, 3.05) is 24.7 Å². The van der Waals surface area contributed by atoms with Crippen LogP contribution in [0.15, 0.2) is 28.7 Å². The third-order valence-corrected chi connectivity index (χ3v) is 3.03. The predicted molar refractivity (Wildman–Crippen MR) is 66.0 cm³/mol. The molecule has 0 radical (unpaired) electrons. The van der Waals surface area contributed by atoms with Crippen LogP contribution in [-0.2, 0) is 0 Å². The number of benzene rings is 1. The van der Waals surface area contributed by atoms with Crippen molar-refractivity contribution in [3.05, 3.63) is 28.7 Å². The number of hydrogen-bond donors (Lipinski definition) is 1. The van der Waals surface area contributed by atoms with Gasteiger partial charge in [-0.25, -0.2) is 0 Å². The lowest BCUT2D eigenvalue weighted by molar-refractivity contribution is 0.344. The highest BCUT2D eigenvalue weighted by molar-refractivity contribution is 9.10. The predicted octanol–water partition coefficient (Wildman–Crippen LogP) is 2.52. The van der Waals surface area contributed by atoms with E-state index in [2.05, 4.69) is 15.9 Å². The molecule has 0 saturated carbocycles. The third kappa shape index (κ3) is 4.88. The van der Waals surface area contributed by atoms with E-state index in [1.807, 2.05) is 36.0 Å². The molecule has 0 atom stereocenters. The van der Waals surface area contributed by atoms with E-state index in [9.17, 15) is 0 Å². The average molecular weight is 276 g/mol. The van der Waals surface area contributed by atoms with Crippen molar-refractivity contribution >= 4 is 27.7 Å². The Hall–Kier alpha value is -0.190. The van der Waals surface area contributed by atoms with Gasteiger partial charge in [0.2, 0.25) is 0 Å². The Kier molecular flexibility index (Phi) is 6.07. The van der Waals surface area contributed by atoms with Gasteiger partial charge in [-0.2, -0.15) is 11.8 Å². The van der Waals surface area contributed by atoms with Crippen LogP contribution in [0.1, 0.15) is 0 Å². The minimum Gasteiger partial charge on any atom is -0.493 e. The summed E-state index contributed by atoms with van der Waals surface area (Å²) in [5.74, 6) is 2.90. The Morgan fingerprint density at radius 3 is 2.93 bits per heavy atom. The van der Waals surface area contributed by atoms with Crippen LogP contribution in [0.25, 0.3) is 0 Å². The van der Waals surface area contributed by atoms with Crippen molar-refractivity contribution in [2.45, 2.75) is 0 Å². The summed E-state index contributed by atoms with van der Waals surface area (Å²) in [6.45, 7) is 1.47. The molecule has 0 bridgehead atoms. The SMILES string of the molecule is NCCSCCOc1cccc(Br)c1. The van der Waals surface area contributed by atoms with E-state index in [1.54, 1.807) is 0 Å². The summed E-state index contributed by atoms with van der Waals surface area (Å²) < 4.78 is 6.59. The molecule has 0 heterocycles. The zero-order chi connectivity index (χ0) is 10.2. The average Bonchev–Trinajstić information content (AvgIpc) is 2.18. The summed E-state index contributed by atoms with van der Waals surface area (Å²) in [5.41, 5.74) is 5.37. The van der Waals surface area contributed by atoms with E-state index < -0.39 is 0 Å². The summed E-state index contributed by atoms with van der Waals surface area (Å²) in [7, 11) is 0. The maximum absolute atomic E-state index is 5.54. The lowest BCUT2D eigenvalue weighted by Crippen LogP contribution is -2.05. The van der Waals surface area contributed by atoms with E-state index in [0.29, 0.717) is 0 Å². The number of halogens is 1. The Morgan fingerprint density at radius 1 is 1.36 bits per heavy atom. The Labute approximate surface area is 97.3 Å². The highest BCUT2D eigenvalue weighted by Crippen LogP contribution is 2.17. The van der Waals surface area contributed by atoms with Crippen molar-refractivity contribution < 1.29 is 4.74 Å². The summed E-state index contributed by atoms with van der Waals surface area (Å²) in [5, 5.41) is 0. The first-order valence-corrected chi connectivity index (χ1v) is 6.44. The topological polar surface area (TPSA) is 35.2 Å². The van der Waals surface area contributed by atoms with Crippen molar-refractivity contribution in [2.24, 2.45) is 5.73 Å². The second-order valence-corrected chi connectivity index (χ2v) is 4.85. The monoisotopic (exact) mass is 275 g/mol. The molecule has 2 N–H and O–H groups in total. The van der Waals surface area contributed by atoms with E-state index in [1.165, 1.54) is 0 Å². The Bertz CT molecular complexity index is 270. The Morgan fingerprint density at radius 2 is 2.21 bits per heavy atom. The molecular formula is C10H14BrNOS. The quantitative estimate of drug-likeness (QED) is 0.811. The fourth-order valence-electron chi connectivity index (χ4n) is 0.961. The number of hydrogen-bond acceptors (Lipinski definition) is 3. The molecule has 1 rings (SSSR count). The molecule has 0 spiro atoms. The van der Waals surface area contributed by atoms with Gasteiger partial charge in [0.1, 0.15) is 5.75 Å². The minimum absolute atomic E-state index is 0.737. The highest BCUT2D eigenvalue weighted by Gasteiger charge is 1.94. The van der Waals surface area contributed by atoms with Crippen LogP contribution in [0.5, 0.6) is 5.75 Å². The smallest absolute Gasteiger partial charge is 0.120 e. The van der Waals surface area contributed by atoms with Crippen molar-refractivity contribution in [1.82, 2.24) is 0 Å². The van der Waals surface area contributed by atoms with Gasteiger partial charge in [-0.15, -0.1) is 0 Å². The zero-order valence-electron chi connectivity index (χ0n) is 7.91. The van der Waals surface area contributed by atoms with E-state index in [-0.39, 0.29) is 0 Å². The van der Waals surface area contributed by atoms with E-state index in [0.717, 1.165) is 34.9 Å². The fraction of sp³-hybridized carbons (Fsp3) is 0.400. The van der Waals surface area contributed by atoms with Crippen molar-refractivity contribution in [3.8, 4) is 5.75 Å². The second-order valence-electron chi connectivity index (χ2n) is 2.71. The first kappa shape index (κ1) is 11.9. The minimum atomic E-state index is 0.737. The number of thioether (sulfide) groups is 1. The van der Waals surface area contributed by atoms with Gasteiger partial charge in [-0.05, 0) is 18.2 Å². The molecular weight excluding hydrogens is 262 g/mol. The Balaban J connectivity index is 2.18. The molecule has 0 amide bonds. The standard InChI is InChI=1S/C10H14BrNOS/c11-9-2-1-3-10(8-9)13-5-7-14-6-4-12/h1-3,8H,4-7,12H2. The molecule has 0 saturated heterocycles. The molecule has 0 aliphatic heterocycles. The van der Waals surface area contributed by atoms with Crippen LogP contribution >= 0.6 is 27.7 Å². The fourth-order valence-corrected chi connectivity index (χ4v) is 1.91. The summed E-state index contributed by atoms with van der Waals surface area (Å²) in [6, 6.07) is 7.87. The van der Waals surface area contributed by atoms with Gasteiger partial charge in [0, 0.05) is 22.5 Å². The third-order valence-electron chi connectivity index (χ3n) is 1.55. The molecule has 2 nitrogen and oxygen atoms in total. The van der Waals surface area contributed by atoms with Crippen molar-refractivity contribution in [3.63, 3.8) is 0 Å². The molecule has 1 aromatic carbocycles. The lowest BCUT2D eigenvalue weighted by Gasteiger charge is -2.05. The maximum Gasteiger partial charge on any atom is 0.120 e. The van der Waals surface area contributed by atoms with Gasteiger partial charge < -0.3 is 10.5 Å². The zero-order valence-corrected chi connectivity index (χ0v) is 10.3. The lowest BCUT2D eigenvalue weighted by atomic mass is 10.3. The first-order valence-electron chi connectivity index (χ1n) is 4.49. The summed E-state index contributed by atoms with van der Waals surface area (Å²) >= 11 is 5.21. The molecule has 78 valence electrons. The van der Waals surface area contributed by atoms with Crippen LogP contribution in [0, 0.1) is 0 Å². The largest absolute Gasteiger partial charge is 0.493 e. The molecule has 1 aromatic rings. The van der Waals surface area contributed by atoms with Gasteiger partial charge in [-0.1, -0.05) is 22.0 Å².